The van der Waals surface area contributed by atoms with Crippen LogP contribution in [0, 0.1) is 6.92 Å². The first kappa shape index (κ1) is 15.1. The Morgan fingerprint density at radius 1 is 1.42 bits per heavy atom. The van der Waals surface area contributed by atoms with Gasteiger partial charge in [0, 0.05) is 25.1 Å². The first-order valence-electron chi connectivity index (χ1n) is 8.04. The van der Waals surface area contributed by atoms with Crippen LogP contribution in [0.4, 0.5) is 10.6 Å². The van der Waals surface area contributed by atoms with Crippen LogP contribution in [0.1, 0.15) is 29.5 Å². The smallest absolute Gasteiger partial charge is 0.323 e. The minimum Gasteiger partial charge on any atom is -0.360 e. The molecule has 2 aromatic heterocycles. The van der Waals surface area contributed by atoms with Crippen LogP contribution in [0.25, 0.3) is 10.2 Å². The number of rotatable bonds is 2. The largest absolute Gasteiger partial charge is 0.360 e. The van der Waals surface area contributed by atoms with E-state index in [0.29, 0.717) is 24.0 Å². The number of aromatic nitrogens is 2. The maximum atomic E-state index is 12.4. The molecule has 3 aromatic rings. The van der Waals surface area contributed by atoms with Crippen LogP contribution < -0.4 is 5.32 Å². The number of carbonyl (C=O) groups excluding carboxylic acids is 1. The molecule has 0 radical (unpaired) electrons. The molecule has 24 heavy (non-hydrogen) atoms. The number of hydrogen-bond donors (Lipinski definition) is 1. The highest BCUT2D eigenvalue weighted by atomic mass is 32.1. The van der Waals surface area contributed by atoms with E-state index in [0.717, 1.165) is 29.9 Å². The molecule has 1 aliphatic rings. The molecule has 0 saturated carbocycles. The molecule has 2 amide bonds. The number of benzene rings is 1. The van der Waals surface area contributed by atoms with Crippen LogP contribution in [0.5, 0.6) is 0 Å². The van der Waals surface area contributed by atoms with Crippen molar-refractivity contribution in [3.8, 4) is 0 Å². The van der Waals surface area contributed by atoms with E-state index in [4.69, 9.17) is 9.51 Å². The summed E-state index contributed by atoms with van der Waals surface area (Å²) in [4.78, 5) is 19.0. The fourth-order valence-electron chi connectivity index (χ4n) is 3.04. The van der Waals surface area contributed by atoms with Crippen molar-refractivity contribution in [1.82, 2.24) is 15.0 Å². The number of anilines is 1. The molecule has 1 atom stereocenters. The summed E-state index contributed by atoms with van der Waals surface area (Å²) >= 11 is 1.73. The van der Waals surface area contributed by atoms with Crippen LogP contribution in [0.2, 0.25) is 0 Å². The molecule has 124 valence electrons. The quantitative estimate of drug-likeness (QED) is 0.764. The topological polar surface area (TPSA) is 71.3 Å². The van der Waals surface area contributed by atoms with Gasteiger partial charge in [-0.2, -0.15) is 0 Å². The molecule has 3 heterocycles. The van der Waals surface area contributed by atoms with Gasteiger partial charge in [0.1, 0.15) is 5.76 Å². The Labute approximate surface area is 143 Å². The number of likely N-dealkylation sites (tertiary alicyclic amines) is 1. The SMILES string of the molecule is Cc1cc(NC(=O)N2CCCC(c3nc4ccccc4s3)C2)no1. The number of piperidine rings is 1. The lowest BCUT2D eigenvalue weighted by Gasteiger charge is -2.31. The van der Waals surface area contributed by atoms with E-state index < -0.39 is 0 Å². The highest BCUT2D eigenvalue weighted by Gasteiger charge is 2.27. The summed E-state index contributed by atoms with van der Waals surface area (Å²) in [6.07, 6.45) is 2.04. The second kappa shape index (κ2) is 6.24. The molecule has 1 aromatic carbocycles. The summed E-state index contributed by atoms with van der Waals surface area (Å²) in [7, 11) is 0. The maximum Gasteiger partial charge on any atom is 0.323 e. The van der Waals surface area contributed by atoms with E-state index in [2.05, 4.69) is 16.5 Å². The Morgan fingerprint density at radius 2 is 2.29 bits per heavy atom. The fourth-order valence-corrected chi connectivity index (χ4v) is 4.13. The lowest BCUT2D eigenvalue weighted by atomic mass is 9.99. The average Bonchev–Trinajstić information content (AvgIpc) is 3.21. The van der Waals surface area contributed by atoms with Gasteiger partial charge in [-0.15, -0.1) is 11.3 Å². The average molecular weight is 342 g/mol. The molecule has 6 nitrogen and oxygen atoms in total. The van der Waals surface area contributed by atoms with E-state index in [1.54, 1.807) is 24.3 Å². The molecule has 1 N–H and O–H groups in total. The molecule has 0 bridgehead atoms. The molecule has 1 saturated heterocycles. The van der Waals surface area contributed by atoms with Crippen molar-refractivity contribution < 1.29 is 9.32 Å². The van der Waals surface area contributed by atoms with Crippen molar-refractivity contribution in [1.29, 1.82) is 0 Å². The number of nitrogens with one attached hydrogen (secondary N) is 1. The van der Waals surface area contributed by atoms with E-state index in [-0.39, 0.29) is 6.03 Å². The molecule has 7 heteroatoms. The molecule has 1 fully saturated rings. The second-order valence-electron chi connectivity index (χ2n) is 6.06. The van der Waals surface area contributed by atoms with Gasteiger partial charge < -0.3 is 9.42 Å². The van der Waals surface area contributed by atoms with Gasteiger partial charge >= 0.3 is 6.03 Å². The first-order valence-corrected chi connectivity index (χ1v) is 8.85. The predicted octanol–water partition coefficient (Wildman–Crippen LogP) is 4.00. The van der Waals surface area contributed by atoms with E-state index in [1.165, 1.54) is 4.70 Å². The zero-order valence-electron chi connectivity index (χ0n) is 13.4. The lowest BCUT2D eigenvalue weighted by Crippen LogP contribution is -2.41. The van der Waals surface area contributed by atoms with E-state index in [1.807, 2.05) is 23.1 Å². The highest BCUT2D eigenvalue weighted by Crippen LogP contribution is 2.33. The molecule has 1 unspecified atom stereocenters. The van der Waals surface area contributed by atoms with Crippen molar-refractivity contribution in [3.63, 3.8) is 0 Å². The Balaban J connectivity index is 1.47. The van der Waals surface area contributed by atoms with Crippen molar-refractivity contribution in [2.24, 2.45) is 0 Å². The Kier molecular flexibility index (Phi) is 3.93. The lowest BCUT2D eigenvalue weighted by molar-refractivity contribution is 0.192. The summed E-state index contributed by atoms with van der Waals surface area (Å²) in [5, 5.41) is 7.73. The van der Waals surface area contributed by atoms with E-state index >= 15 is 0 Å². The van der Waals surface area contributed by atoms with Gasteiger partial charge in [-0.25, -0.2) is 9.78 Å². The van der Waals surface area contributed by atoms with Crippen LogP contribution in [-0.2, 0) is 0 Å². The van der Waals surface area contributed by atoms with Gasteiger partial charge in [-0.05, 0) is 31.9 Å². The van der Waals surface area contributed by atoms with Crippen molar-refractivity contribution in [2.45, 2.75) is 25.7 Å². The van der Waals surface area contributed by atoms with Crippen LogP contribution in [-0.4, -0.2) is 34.2 Å². The second-order valence-corrected chi connectivity index (χ2v) is 7.12. The zero-order valence-corrected chi connectivity index (χ0v) is 14.2. The number of nitrogens with zero attached hydrogens (tertiary/aromatic N) is 3. The van der Waals surface area contributed by atoms with Crippen LogP contribution in [0.3, 0.4) is 0 Å². The van der Waals surface area contributed by atoms with Gasteiger partial charge in [0.2, 0.25) is 0 Å². The molecule has 4 rings (SSSR count). The minimum atomic E-state index is -0.130. The number of urea groups is 1. The first-order chi connectivity index (χ1) is 11.7. The Hall–Kier alpha value is -2.41. The Bertz CT molecular complexity index is 839. The summed E-state index contributed by atoms with van der Waals surface area (Å²) in [5.41, 5.74) is 1.04. The number of hydrogen-bond acceptors (Lipinski definition) is 5. The zero-order chi connectivity index (χ0) is 16.5. The third-order valence-corrected chi connectivity index (χ3v) is 5.43. The third kappa shape index (κ3) is 2.99. The molecular weight excluding hydrogens is 324 g/mol. The normalized spacial score (nSPS) is 18.0. The van der Waals surface area contributed by atoms with Crippen LogP contribution >= 0.6 is 11.3 Å². The summed E-state index contributed by atoms with van der Waals surface area (Å²) in [6.45, 7) is 3.24. The van der Waals surface area contributed by atoms with Gasteiger partial charge in [-0.3, -0.25) is 5.32 Å². The summed E-state index contributed by atoms with van der Waals surface area (Å²) < 4.78 is 6.19. The van der Waals surface area contributed by atoms with Gasteiger partial charge in [0.15, 0.2) is 5.82 Å². The third-order valence-electron chi connectivity index (χ3n) is 4.23. The number of thiazole rings is 1. The van der Waals surface area contributed by atoms with Gasteiger partial charge in [0.25, 0.3) is 0 Å². The standard InChI is InChI=1S/C17H18N4O2S/c1-11-9-15(20-23-11)19-17(22)21-8-4-5-12(10-21)16-18-13-6-2-3-7-14(13)24-16/h2-3,6-7,9,12H,4-5,8,10H2,1H3,(H,19,20,22). The molecule has 0 aliphatic carbocycles. The van der Waals surface area contributed by atoms with Gasteiger partial charge in [0.05, 0.1) is 15.2 Å². The number of para-hydroxylation sites is 1. The van der Waals surface area contributed by atoms with Gasteiger partial charge in [-0.1, -0.05) is 17.3 Å². The van der Waals surface area contributed by atoms with Crippen molar-refractivity contribution in [3.05, 3.63) is 41.1 Å². The van der Waals surface area contributed by atoms with E-state index in [9.17, 15) is 4.79 Å². The van der Waals surface area contributed by atoms with Crippen LogP contribution in [0.15, 0.2) is 34.9 Å². The predicted molar refractivity (Wildman–Crippen MR) is 93.4 cm³/mol. The molecular formula is C17H18N4O2S. The number of carbonyl (C=O) groups is 1. The highest BCUT2D eigenvalue weighted by molar-refractivity contribution is 7.18. The maximum absolute atomic E-state index is 12.4. The number of aryl methyl sites for hydroxylation is 1. The Morgan fingerprint density at radius 3 is 3.08 bits per heavy atom. The number of fused-ring (bicyclic) bond motifs is 1. The van der Waals surface area contributed by atoms with Crippen molar-refractivity contribution >= 4 is 33.4 Å². The minimum absolute atomic E-state index is 0.130. The van der Waals surface area contributed by atoms with Crippen molar-refractivity contribution in [2.75, 3.05) is 18.4 Å². The number of amides is 2. The summed E-state index contributed by atoms with van der Waals surface area (Å²) in [6, 6.07) is 9.75. The monoisotopic (exact) mass is 342 g/mol. The summed E-state index contributed by atoms with van der Waals surface area (Å²) in [5.74, 6) is 1.43. The molecule has 0 spiro atoms. The molecule has 1 aliphatic heterocycles. The fraction of sp³-hybridized carbons (Fsp3) is 0.353.